The van der Waals surface area contributed by atoms with E-state index in [1.807, 2.05) is 30.3 Å². The predicted octanol–water partition coefficient (Wildman–Crippen LogP) is 4.73. The first-order chi connectivity index (χ1) is 15.5. The number of carbonyl (C=O) groups is 2. The third kappa shape index (κ3) is 6.15. The normalized spacial score (nSPS) is 10.2. The highest BCUT2D eigenvalue weighted by atomic mass is 35.5. The van der Waals surface area contributed by atoms with Gasteiger partial charge in [-0.15, -0.1) is 0 Å². The first kappa shape index (κ1) is 23.0. The van der Waals surface area contributed by atoms with Gasteiger partial charge in [0.25, 0.3) is 5.91 Å². The molecule has 0 aliphatic carbocycles. The van der Waals surface area contributed by atoms with E-state index in [-0.39, 0.29) is 5.56 Å². The third-order valence-electron chi connectivity index (χ3n) is 4.40. The second kappa shape index (κ2) is 11.1. The zero-order valence-corrected chi connectivity index (χ0v) is 18.3. The molecule has 32 heavy (non-hydrogen) atoms. The minimum absolute atomic E-state index is 0.272. The Bertz CT molecular complexity index is 1090. The van der Waals surface area contributed by atoms with Gasteiger partial charge in [-0.25, -0.2) is 4.79 Å². The van der Waals surface area contributed by atoms with Gasteiger partial charge in [0.15, 0.2) is 6.61 Å². The summed E-state index contributed by atoms with van der Waals surface area (Å²) in [5.41, 5.74) is 1.61. The third-order valence-corrected chi connectivity index (χ3v) is 4.70. The van der Waals surface area contributed by atoms with Gasteiger partial charge in [-0.1, -0.05) is 48.0 Å². The Morgan fingerprint density at radius 3 is 2.38 bits per heavy atom. The van der Waals surface area contributed by atoms with Gasteiger partial charge in [-0.2, -0.15) is 0 Å². The van der Waals surface area contributed by atoms with E-state index in [4.69, 9.17) is 30.5 Å². The number of methoxy groups -OCH3 is 2. The van der Waals surface area contributed by atoms with Crippen LogP contribution in [-0.2, 0) is 16.1 Å². The zero-order chi connectivity index (χ0) is 22.9. The van der Waals surface area contributed by atoms with Gasteiger partial charge in [0.1, 0.15) is 23.9 Å². The summed E-state index contributed by atoms with van der Waals surface area (Å²) in [6, 6.07) is 19.3. The smallest absolute Gasteiger partial charge is 0.338 e. The second-order valence-electron chi connectivity index (χ2n) is 6.61. The molecule has 0 fully saturated rings. The van der Waals surface area contributed by atoms with Crippen LogP contribution in [0.2, 0.25) is 5.02 Å². The number of anilines is 1. The van der Waals surface area contributed by atoms with Crippen LogP contribution in [0.25, 0.3) is 0 Å². The van der Waals surface area contributed by atoms with E-state index in [0.717, 1.165) is 5.56 Å². The Balaban J connectivity index is 1.56. The summed E-state index contributed by atoms with van der Waals surface area (Å²) < 4.78 is 21.2. The van der Waals surface area contributed by atoms with Gasteiger partial charge in [0.05, 0.1) is 30.5 Å². The number of benzene rings is 3. The molecule has 3 rings (SSSR count). The average Bonchev–Trinajstić information content (AvgIpc) is 2.82. The summed E-state index contributed by atoms with van der Waals surface area (Å²) in [4.78, 5) is 24.6. The highest BCUT2D eigenvalue weighted by molar-refractivity contribution is 6.32. The van der Waals surface area contributed by atoms with Crippen molar-refractivity contribution in [3.8, 4) is 17.2 Å². The molecule has 0 saturated heterocycles. The molecule has 1 N–H and O–H groups in total. The predicted molar refractivity (Wildman–Crippen MR) is 121 cm³/mol. The van der Waals surface area contributed by atoms with Crippen LogP contribution in [0.3, 0.4) is 0 Å². The van der Waals surface area contributed by atoms with E-state index in [1.165, 1.54) is 20.3 Å². The first-order valence-corrected chi connectivity index (χ1v) is 10.0. The van der Waals surface area contributed by atoms with Gasteiger partial charge in [-0.05, 0) is 29.8 Å². The van der Waals surface area contributed by atoms with Crippen molar-refractivity contribution >= 4 is 29.2 Å². The molecule has 8 heteroatoms. The summed E-state index contributed by atoms with van der Waals surface area (Å²) >= 11 is 6.10. The molecular weight excluding hydrogens is 434 g/mol. The van der Waals surface area contributed by atoms with Crippen LogP contribution < -0.4 is 19.5 Å². The van der Waals surface area contributed by atoms with Gasteiger partial charge < -0.3 is 24.3 Å². The van der Waals surface area contributed by atoms with Crippen LogP contribution >= 0.6 is 11.6 Å². The molecule has 0 bridgehead atoms. The minimum Gasteiger partial charge on any atom is -0.495 e. The highest BCUT2D eigenvalue weighted by Crippen LogP contribution is 2.35. The van der Waals surface area contributed by atoms with Crippen LogP contribution in [0.4, 0.5) is 5.69 Å². The summed E-state index contributed by atoms with van der Waals surface area (Å²) in [6.07, 6.45) is 0. The summed E-state index contributed by atoms with van der Waals surface area (Å²) in [5.74, 6) is 0.0845. The molecule has 0 unspecified atom stereocenters. The first-order valence-electron chi connectivity index (χ1n) is 9.65. The Morgan fingerprint density at radius 2 is 1.66 bits per heavy atom. The summed E-state index contributed by atoms with van der Waals surface area (Å²) in [5, 5.41) is 2.90. The highest BCUT2D eigenvalue weighted by Gasteiger charge is 2.15. The quantitative estimate of drug-likeness (QED) is 0.469. The molecule has 1 amide bonds. The van der Waals surface area contributed by atoms with E-state index in [1.54, 1.807) is 30.3 Å². The Hall–Kier alpha value is -3.71. The number of halogens is 1. The minimum atomic E-state index is -0.648. The molecule has 166 valence electrons. The van der Waals surface area contributed by atoms with Crippen molar-refractivity contribution in [1.82, 2.24) is 0 Å². The number of carbonyl (C=O) groups excluding carboxylic acids is 2. The molecule has 0 aliphatic heterocycles. The van der Waals surface area contributed by atoms with Gasteiger partial charge in [0.2, 0.25) is 0 Å². The molecule has 7 nitrogen and oxygen atoms in total. The molecule has 0 aromatic heterocycles. The number of hydrogen-bond acceptors (Lipinski definition) is 6. The Morgan fingerprint density at radius 1 is 0.906 bits per heavy atom. The summed E-state index contributed by atoms with van der Waals surface area (Å²) in [7, 11) is 2.92. The Kier molecular flexibility index (Phi) is 7.94. The van der Waals surface area contributed by atoms with E-state index in [2.05, 4.69) is 5.32 Å². The lowest BCUT2D eigenvalue weighted by atomic mass is 10.2. The molecule has 0 radical (unpaired) electrons. The van der Waals surface area contributed by atoms with E-state index in [9.17, 15) is 9.59 Å². The largest absolute Gasteiger partial charge is 0.495 e. The van der Waals surface area contributed by atoms with Crippen molar-refractivity contribution in [1.29, 1.82) is 0 Å². The number of rotatable bonds is 9. The molecular formula is C24H22ClNO6. The van der Waals surface area contributed by atoms with Crippen LogP contribution in [0.15, 0.2) is 66.7 Å². The standard InChI is InChI=1S/C24H22ClNO6/c1-29-21-13-22(30-2)20(12-19(21)25)26-23(27)15-32-24(28)17-9-6-10-18(11-17)31-14-16-7-4-3-5-8-16/h3-13H,14-15H2,1-2H3,(H,26,27). The maximum atomic E-state index is 12.4. The van der Waals surface area contributed by atoms with Crippen molar-refractivity contribution in [3.63, 3.8) is 0 Å². The van der Waals surface area contributed by atoms with Crippen LogP contribution in [-0.4, -0.2) is 32.7 Å². The number of nitrogens with one attached hydrogen (secondary N) is 1. The van der Waals surface area contributed by atoms with Crippen molar-refractivity contribution < 1.29 is 28.5 Å². The molecule has 0 heterocycles. The van der Waals surface area contributed by atoms with Gasteiger partial charge in [-0.3, -0.25) is 4.79 Å². The van der Waals surface area contributed by atoms with Gasteiger partial charge >= 0.3 is 5.97 Å². The van der Waals surface area contributed by atoms with Crippen molar-refractivity contribution in [2.75, 3.05) is 26.1 Å². The SMILES string of the molecule is COc1cc(OC)c(NC(=O)COC(=O)c2cccc(OCc3ccccc3)c2)cc1Cl. The van der Waals surface area contributed by atoms with E-state index >= 15 is 0 Å². The monoisotopic (exact) mass is 455 g/mol. The van der Waals surface area contributed by atoms with E-state index < -0.39 is 18.5 Å². The number of amides is 1. The summed E-state index contributed by atoms with van der Waals surface area (Å²) in [6.45, 7) is -0.116. The maximum Gasteiger partial charge on any atom is 0.338 e. The van der Waals surface area contributed by atoms with Crippen molar-refractivity contribution in [2.24, 2.45) is 0 Å². The van der Waals surface area contributed by atoms with E-state index in [0.29, 0.717) is 34.6 Å². The lowest BCUT2D eigenvalue weighted by Crippen LogP contribution is -2.21. The van der Waals surface area contributed by atoms with Crippen LogP contribution in [0.1, 0.15) is 15.9 Å². The fourth-order valence-electron chi connectivity index (χ4n) is 2.81. The molecule has 0 aliphatic rings. The molecule has 3 aromatic rings. The topological polar surface area (TPSA) is 83.1 Å². The zero-order valence-electron chi connectivity index (χ0n) is 17.6. The van der Waals surface area contributed by atoms with Crippen LogP contribution in [0.5, 0.6) is 17.2 Å². The number of esters is 1. The molecule has 0 saturated carbocycles. The maximum absolute atomic E-state index is 12.4. The lowest BCUT2D eigenvalue weighted by molar-refractivity contribution is -0.119. The number of hydrogen-bond donors (Lipinski definition) is 1. The Labute approximate surface area is 190 Å². The molecule has 3 aromatic carbocycles. The fourth-order valence-corrected chi connectivity index (χ4v) is 3.05. The second-order valence-corrected chi connectivity index (χ2v) is 7.02. The van der Waals surface area contributed by atoms with Gasteiger partial charge in [0, 0.05) is 6.07 Å². The molecule has 0 atom stereocenters. The fraction of sp³-hybridized carbons (Fsp3) is 0.167. The lowest BCUT2D eigenvalue weighted by Gasteiger charge is -2.13. The number of ether oxygens (including phenoxy) is 4. The average molecular weight is 456 g/mol. The van der Waals surface area contributed by atoms with Crippen molar-refractivity contribution in [2.45, 2.75) is 6.61 Å². The molecule has 0 spiro atoms. The van der Waals surface area contributed by atoms with Crippen LogP contribution in [0, 0.1) is 0 Å². The van der Waals surface area contributed by atoms with Crippen molar-refractivity contribution in [3.05, 3.63) is 82.9 Å².